The van der Waals surface area contributed by atoms with Gasteiger partial charge in [0.25, 0.3) is 0 Å². The molecular weight excluding hydrogens is 378 g/mol. The van der Waals surface area contributed by atoms with Crippen LogP contribution in [0.25, 0.3) is 11.1 Å². The van der Waals surface area contributed by atoms with Crippen LogP contribution in [0.3, 0.4) is 0 Å². The van der Waals surface area contributed by atoms with Gasteiger partial charge in [-0.2, -0.15) is 0 Å². The van der Waals surface area contributed by atoms with E-state index >= 15 is 0 Å². The lowest BCUT2D eigenvalue weighted by Gasteiger charge is -2.14. The summed E-state index contributed by atoms with van der Waals surface area (Å²) in [5.74, 6) is 0.870. The number of benzene rings is 3. The zero-order valence-corrected chi connectivity index (χ0v) is 16.6. The van der Waals surface area contributed by atoms with E-state index in [1.807, 2.05) is 78.9 Å². The Bertz CT molecular complexity index is 1070. The number of thioether (sulfide) groups is 1. The summed E-state index contributed by atoms with van der Waals surface area (Å²) in [6.45, 7) is 0. The number of nitrogens with two attached hydrogens (primary N) is 1. The number of carbonyl (C=O) groups excluding carboxylic acids is 1. The van der Waals surface area contributed by atoms with Gasteiger partial charge in [-0.15, -0.1) is 11.8 Å². The van der Waals surface area contributed by atoms with Gasteiger partial charge in [-0.3, -0.25) is 4.79 Å². The second kappa shape index (κ2) is 8.84. The molecule has 1 atom stereocenters. The summed E-state index contributed by atoms with van der Waals surface area (Å²) < 4.78 is 5.61. The van der Waals surface area contributed by atoms with Gasteiger partial charge in [0.15, 0.2) is 5.78 Å². The fraction of sp³-hybridized carbons (Fsp3) is 0.0800. The largest absolute Gasteiger partial charge is 0.468 e. The van der Waals surface area contributed by atoms with Gasteiger partial charge in [-0.05, 0) is 41.5 Å². The van der Waals surface area contributed by atoms with E-state index < -0.39 is 0 Å². The maximum Gasteiger partial charge on any atom is 0.164 e. The van der Waals surface area contributed by atoms with Crippen molar-refractivity contribution in [2.75, 3.05) is 5.73 Å². The van der Waals surface area contributed by atoms with Crippen LogP contribution in [-0.2, 0) is 0 Å². The number of anilines is 1. The summed E-state index contributed by atoms with van der Waals surface area (Å²) in [7, 11) is 0. The number of furan rings is 1. The van der Waals surface area contributed by atoms with Crippen LogP contribution in [0.15, 0.2) is 107 Å². The maximum absolute atomic E-state index is 13.0. The quantitative estimate of drug-likeness (QED) is 0.215. The number of ketones is 1. The van der Waals surface area contributed by atoms with Gasteiger partial charge < -0.3 is 10.2 Å². The Labute approximate surface area is 174 Å². The molecule has 0 aliphatic rings. The van der Waals surface area contributed by atoms with E-state index in [1.54, 1.807) is 18.0 Å². The molecule has 0 saturated carbocycles. The summed E-state index contributed by atoms with van der Waals surface area (Å²) in [4.78, 5) is 14.0. The van der Waals surface area contributed by atoms with Crippen molar-refractivity contribution in [3.8, 4) is 11.1 Å². The zero-order valence-electron chi connectivity index (χ0n) is 15.8. The van der Waals surface area contributed by atoms with Crippen molar-refractivity contribution in [1.82, 2.24) is 0 Å². The molecule has 2 N–H and O–H groups in total. The average Bonchev–Trinajstić information content (AvgIpc) is 3.29. The number of Topliss-reactive ketones (excluding diaryl/α,β-unsaturated/α-hetero) is 1. The van der Waals surface area contributed by atoms with Crippen LogP contribution in [0, 0.1) is 0 Å². The van der Waals surface area contributed by atoms with E-state index in [4.69, 9.17) is 10.2 Å². The lowest BCUT2D eigenvalue weighted by atomic mass is 10.0. The van der Waals surface area contributed by atoms with Crippen LogP contribution in [0.5, 0.6) is 0 Å². The van der Waals surface area contributed by atoms with Crippen LogP contribution in [-0.4, -0.2) is 5.78 Å². The summed E-state index contributed by atoms with van der Waals surface area (Å²) in [5, 5.41) is -0.118. The van der Waals surface area contributed by atoms with Crippen molar-refractivity contribution in [2.45, 2.75) is 16.6 Å². The summed E-state index contributed by atoms with van der Waals surface area (Å²) in [6, 6.07) is 29.4. The molecule has 144 valence electrons. The zero-order chi connectivity index (χ0) is 20.1. The molecule has 29 heavy (non-hydrogen) atoms. The third-order valence-corrected chi connectivity index (χ3v) is 5.89. The van der Waals surface area contributed by atoms with E-state index in [1.165, 1.54) is 0 Å². The predicted molar refractivity (Wildman–Crippen MR) is 119 cm³/mol. The topological polar surface area (TPSA) is 56.2 Å². The van der Waals surface area contributed by atoms with Crippen molar-refractivity contribution in [3.05, 3.63) is 109 Å². The molecule has 0 aliphatic heterocycles. The number of hydrogen-bond acceptors (Lipinski definition) is 4. The van der Waals surface area contributed by atoms with Gasteiger partial charge in [0.2, 0.25) is 0 Å². The van der Waals surface area contributed by atoms with E-state index in [2.05, 4.69) is 12.1 Å². The van der Waals surface area contributed by atoms with Crippen LogP contribution < -0.4 is 5.73 Å². The molecule has 1 heterocycles. The lowest BCUT2D eigenvalue weighted by molar-refractivity contribution is 0.0980. The molecule has 0 saturated heterocycles. The summed E-state index contributed by atoms with van der Waals surface area (Å²) in [6.07, 6.45) is 1.99. The summed E-state index contributed by atoms with van der Waals surface area (Å²) in [5.41, 5.74) is 9.54. The molecule has 0 aliphatic carbocycles. The Kier molecular flexibility index (Phi) is 5.82. The molecule has 0 amide bonds. The predicted octanol–water partition coefficient (Wildman–Crippen LogP) is 6.64. The minimum atomic E-state index is -0.118. The number of nitrogen functional groups attached to an aromatic ring is 1. The van der Waals surface area contributed by atoms with Crippen molar-refractivity contribution in [3.63, 3.8) is 0 Å². The Morgan fingerprint density at radius 2 is 1.62 bits per heavy atom. The number of rotatable bonds is 7. The molecule has 0 bridgehead atoms. The molecule has 4 aromatic rings. The highest BCUT2D eigenvalue weighted by molar-refractivity contribution is 7.99. The fourth-order valence-electron chi connectivity index (χ4n) is 3.19. The first-order valence-corrected chi connectivity index (χ1v) is 10.3. The molecule has 4 rings (SSSR count). The summed E-state index contributed by atoms with van der Waals surface area (Å²) >= 11 is 1.59. The third-order valence-electron chi connectivity index (χ3n) is 4.68. The van der Waals surface area contributed by atoms with Gasteiger partial charge in [0.1, 0.15) is 5.76 Å². The van der Waals surface area contributed by atoms with E-state index in [0.717, 1.165) is 21.8 Å². The average molecular weight is 400 g/mol. The van der Waals surface area contributed by atoms with E-state index in [-0.39, 0.29) is 11.0 Å². The Hall–Kier alpha value is -3.24. The number of carbonyl (C=O) groups is 1. The van der Waals surface area contributed by atoms with E-state index in [9.17, 15) is 4.79 Å². The van der Waals surface area contributed by atoms with Gasteiger partial charge in [0, 0.05) is 22.6 Å². The molecule has 3 nitrogen and oxygen atoms in total. The monoisotopic (exact) mass is 399 g/mol. The molecule has 4 heteroatoms. The van der Waals surface area contributed by atoms with Crippen LogP contribution in [0.4, 0.5) is 5.69 Å². The molecule has 0 fully saturated rings. The first-order valence-electron chi connectivity index (χ1n) is 9.43. The van der Waals surface area contributed by atoms with Gasteiger partial charge in [-0.1, -0.05) is 60.7 Å². The molecule has 1 aromatic heterocycles. The first kappa shape index (κ1) is 19.1. The minimum absolute atomic E-state index is 0.0856. The van der Waals surface area contributed by atoms with Gasteiger partial charge in [-0.25, -0.2) is 0 Å². The normalized spacial score (nSPS) is 11.9. The van der Waals surface area contributed by atoms with Gasteiger partial charge >= 0.3 is 0 Å². The van der Waals surface area contributed by atoms with Crippen LogP contribution in [0.2, 0.25) is 0 Å². The van der Waals surface area contributed by atoms with Crippen molar-refractivity contribution in [2.24, 2.45) is 0 Å². The van der Waals surface area contributed by atoms with Crippen LogP contribution >= 0.6 is 11.8 Å². The minimum Gasteiger partial charge on any atom is -0.468 e. The highest BCUT2D eigenvalue weighted by Crippen LogP contribution is 2.39. The Morgan fingerprint density at radius 1 is 0.862 bits per heavy atom. The molecule has 0 radical (unpaired) electrons. The van der Waals surface area contributed by atoms with E-state index in [0.29, 0.717) is 17.7 Å². The highest BCUT2D eigenvalue weighted by atomic mass is 32.2. The Morgan fingerprint density at radius 3 is 2.31 bits per heavy atom. The number of hydrogen-bond donors (Lipinski definition) is 1. The second-order valence-corrected chi connectivity index (χ2v) is 8.04. The standard InChI is InChI=1S/C25H21NO2S/c26-21-8-4-9-22(16-21)29-25(24-10-5-15-28-24)17-23(27)20-13-11-19(12-14-20)18-6-2-1-3-7-18/h1-16,25H,17,26H2. The highest BCUT2D eigenvalue weighted by Gasteiger charge is 2.21. The molecule has 1 unspecified atom stereocenters. The van der Waals surface area contributed by atoms with Crippen molar-refractivity contribution in [1.29, 1.82) is 0 Å². The SMILES string of the molecule is Nc1cccc(SC(CC(=O)c2ccc(-c3ccccc3)cc2)c2ccco2)c1. The molecule has 3 aromatic carbocycles. The maximum atomic E-state index is 13.0. The third kappa shape index (κ3) is 4.79. The molecular formula is C25H21NO2S. The Balaban J connectivity index is 1.52. The van der Waals surface area contributed by atoms with Crippen molar-refractivity contribution >= 4 is 23.2 Å². The van der Waals surface area contributed by atoms with Crippen molar-refractivity contribution < 1.29 is 9.21 Å². The smallest absolute Gasteiger partial charge is 0.164 e. The lowest BCUT2D eigenvalue weighted by Crippen LogP contribution is -2.05. The molecule has 0 spiro atoms. The fourth-order valence-corrected chi connectivity index (χ4v) is 4.37. The first-order chi connectivity index (χ1) is 14.2. The van der Waals surface area contributed by atoms with Crippen LogP contribution in [0.1, 0.15) is 27.8 Å². The second-order valence-electron chi connectivity index (χ2n) is 6.77. The van der Waals surface area contributed by atoms with Gasteiger partial charge in [0.05, 0.1) is 11.5 Å².